The standard InChI is InChI=1S/C70H87BN2S/c1-40-30-42(3)60(43(4)31-40)44-33-57-61-58(34-44)73(55-38-50(66(11,12)13)49(32-41(55)2)65(8,9)10)56-35-45(64(5,6)7)20-23-54(56)71(61)63-62(72(57)46-21-22-48-51(36-46)68(16,17)25-24-67(48,14)15)47-37-52-53(39-59(47)74-63)70(19)28-26-69(52,18)27-29-70/h20-23,30-34,36-39,45,48,51H,24-29,35H2,1-19H3. The van der Waals surface area contributed by atoms with Gasteiger partial charge in [0, 0.05) is 43.3 Å². The van der Waals surface area contributed by atoms with E-state index < -0.39 is 0 Å². The monoisotopic (exact) mass is 999 g/mol. The van der Waals surface area contributed by atoms with E-state index in [1.807, 2.05) is 0 Å². The summed E-state index contributed by atoms with van der Waals surface area (Å²) in [7, 11) is 0. The van der Waals surface area contributed by atoms with Gasteiger partial charge in [-0.15, -0.1) is 11.3 Å². The van der Waals surface area contributed by atoms with Gasteiger partial charge in [-0.1, -0.05) is 152 Å². The summed E-state index contributed by atoms with van der Waals surface area (Å²) in [6, 6.07) is 20.8. The zero-order valence-electron chi connectivity index (χ0n) is 49.1. The zero-order valence-corrected chi connectivity index (χ0v) is 49.9. The van der Waals surface area contributed by atoms with E-state index in [1.165, 1.54) is 143 Å². The Hall–Kier alpha value is -4.54. The van der Waals surface area contributed by atoms with Crippen LogP contribution in [0.4, 0.5) is 22.7 Å². The molecule has 74 heavy (non-hydrogen) atoms. The van der Waals surface area contributed by atoms with Gasteiger partial charge >= 0.3 is 0 Å². The van der Waals surface area contributed by atoms with Crippen molar-refractivity contribution in [2.45, 2.75) is 198 Å². The number of thiophene rings is 1. The Morgan fingerprint density at radius 1 is 0.581 bits per heavy atom. The van der Waals surface area contributed by atoms with Gasteiger partial charge in [-0.05, 0) is 226 Å². The maximum Gasteiger partial charge on any atom is 0.264 e. The predicted octanol–water partition coefficient (Wildman–Crippen LogP) is 18.7. The van der Waals surface area contributed by atoms with Crippen molar-refractivity contribution in [1.29, 1.82) is 0 Å². The Bertz CT molecular complexity index is 3340. The van der Waals surface area contributed by atoms with Crippen molar-refractivity contribution in [1.82, 2.24) is 0 Å². The summed E-state index contributed by atoms with van der Waals surface area (Å²) in [6.45, 7) is 46.7. The second-order valence-corrected chi connectivity index (χ2v) is 31.3. The molecule has 0 saturated heterocycles. The van der Waals surface area contributed by atoms with Gasteiger partial charge in [-0.3, -0.25) is 0 Å². The number of anilines is 4. The number of rotatable bonds is 3. The largest absolute Gasteiger partial charge is 0.315 e. The lowest BCUT2D eigenvalue weighted by atomic mass is 9.35. The third-order valence-electron chi connectivity index (χ3n) is 20.8. The number of allylic oxidation sites excluding steroid dienone is 7. The van der Waals surface area contributed by atoms with Gasteiger partial charge in [0.15, 0.2) is 0 Å². The second-order valence-electron chi connectivity index (χ2n) is 30.2. The molecule has 0 N–H and O–H groups in total. The average molecular weight is 999 g/mol. The summed E-state index contributed by atoms with van der Waals surface area (Å²) in [4.78, 5) is 5.67. The van der Waals surface area contributed by atoms with Crippen LogP contribution in [0.5, 0.6) is 0 Å². The fourth-order valence-corrected chi connectivity index (χ4v) is 17.3. The molecule has 1 aromatic heterocycles. The number of fused-ring (bicyclic) bond motifs is 8. The highest BCUT2D eigenvalue weighted by molar-refractivity contribution is 7.33. The number of hydrogen-bond acceptors (Lipinski definition) is 3. The molecular weight excluding hydrogens is 912 g/mol. The van der Waals surface area contributed by atoms with E-state index in [1.54, 1.807) is 11.1 Å². The maximum absolute atomic E-state index is 2.85. The van der Waals surface area contributed by atoms with Crippen molar-refractivity contribution in [2.24, 2.45) is 34.0 Å². The molecular formula is C70H87BN2S. The third kappa shape index (κ3) is 7.42. The Kier molecular flexibility index (Phi) is 10.9. The summed E-state index contributed by atoms with van der Waals surface area (Å²) in [5, 5.41) is 1.46. The highest BCUT2D eigenvalue weighted by Gasteiger charge is 2.53. The van der Waals surface area contributed by atoms with E-state index in [9.17, 15) is 0 Å². The second kappa shape index (κ2) is 16.0. The molecule has 5 aromatic rings. The molecule has 13 rings (SSSR count). The maximum atomic E-state index is 2.85. The van der Waals surface area contributed by atoms with Crippen molar-refractivity contribution < 1.29 is 0 Å². The third-order valence-corrected chi connectivity index (χ3v) is 22.0. The number of benzene rings is 4. The molecule has 386 valence electrons. The van der Waals surface area contributed by atoms with Crippen LogP contribution in [0.2, 0.25) is 0 Å². The average Bonchev–Trinajstić information content (AvgIpc) is 3.67. The van der Waals surface area contributed by atoms with Crippen LogP contribution < -0.4 is 20.0 Å². The molecule has 2 bridgehead atoms. The predicted molar refractivity (Wildman–Crippen MR) is 324 cm³/mol. The van der Waals surface area contributed by atoms with E-state index in [-0.39, 0.29) is 44.6 Å². The first-order valence-corrected chi connectivity index (χ1v) is 29.7. The first kappa shape index (κ1) is 50.3. The van der Waals surface area contributed by atoms with Crippen LogP contribution >= 0.6 is 11.3 Å². The lowest BCUT2D eigenvalue weighted by molar-refractivity contribution is 0.0327. The van der Waals surface area contributed by atoms with E-state index in [2.05, 4.69) is 232 Å². The molecule has 6 aliphatic carbocycles. The molecule has 0 spiro atoms. The molecule has 3 heterocycles. The lowest BCUT2D eigenvalue weighted by Gasteiger charge is -2.53. The number of aryl methyl sites for hydroxylation is 4. The van der Waals surface area contributed by atoms with Gasteiger partial charge in [0.05, 0.1) is 5.69 Å². The molecule has 2 nitrogen and oxygen atoms in total. The summed E-state index contributed by atoms with van der Waals surface area (Å²) in [6.07, 6.45) is 21.9. The summed E-state index contributed by atoms with van der Waals surface area (Å²) in [5.74, 6) is 1.32. The van der Waals surface area contributed by atoms with Crippen molar-refractivity contribution >= 4 is 61.1 Å². The summed E-state index contributed by atoms with van der Waals surface area (Å²) in [5.41, 5.74) is 26.4. The van der Waals surface area contributed by atoms with E-state index in [0.29, 0.717) is 17.8 Å². The van der Waals surface area contributed by atoms with Gasteiger partial charge in [0.2, 0.25) is 0 Å². The fraction of sp³-hybridized carbons (Fsp3) is 0.514. The van der Waals surface area contributed by atoms with Gasteiger partial charge in [-0.2, -0.15) is 0 Å². The van der Waals surface area contributed by atoms with E-state index in [0.717, 1.165) is 6.42 Å². The Balaban J connectivity index is 1.23. The van der Waals surface area contributed by atoms with Crippen LogP contribution in [0.3, 0.4) is 0 Å². The van der Waals surface area contributed by atoms with Crippen molar-refractivity contribution in [3.63, 3.8) is 0 Å². The smallest absolute Gasteiger partial charge is 0.264 e. The highest BCUT2D eigenvalue weighted by Crippen LogP contribution is 2.61. The number of hydrogen-bond donors (Lipinski definition) is 0. The molecule has 3 unspecified atom stereocenters. The van der Waals surface area contributed by atoms with Crippen molar-refractivity contribution in [2.75, 3.05) is 9.80 Å². The van der Waals surface area contributed by atoms with Crippen molar-refractivity contribution in [3.05, 3.63) is 140 Å². The topological polar surface area (TPSA) is 6.48 Å². The minimum Gasteiger partial charge on any atom is -0.315 e. The van der Waals surface area contributed by atoms with Gasteiger partial charge in [0.25, 0.3) is 6.71 Å². The molecule has 2 saturated carbocycles. The minimum absolute atomic E-state index is 0.00181. The fourth-order valence-electron chi connectivity index (χ4n) is 16.0. The van der Waals surface area contributed by atoms with Crippen LogP contribution in [0.15, 0.2) is 95.8 Å². The highest BCUT2D eigenvalue weighted by atomic mass is 32.1. The number of nitrogens with zero attached hydrogens (tertiary/aromatic N) is 2. The first-order valence-electron chi connectivity index (χ1n) is 28.8. The first-order chi connectivity index (χ1) is 34.4. The quantitative estimate of drug-likeness (QED) is 0.166. The lowest BCUT2D eigenvalue weighted by Crippen LogP contribution is -2.56. The van der Waals surface area contributed by atoms with E-state index in [4.69, 9.17) is 0 Å². The van der Waals surface area contributed by atoms with Crippen LogP contribution in [0.25, 0.3) is 21.2 Å². The zero-order chi connectivity index (χ0) is 52.9. The molecule has 0 amide bonds. The molecule has 4 aromatic carbocycles. The summed E-state index contributed by atoms with van der Waals surface area (Å²) >= 11 is 2.13. The molecule has 2 aliphatic heterocycles. The van der Waals surface area contributed by atoms with Crippen molar-refractivity contribution in [3.8, 4) is 11.1 Å². The molecule has 2 fully saturated rings. The Morgan fingerprint density at radius 2 is 1.15 bits per heavy atom. The molecule has 4 heteroatoms. The van der Waals surface area contributed by atoms with Gasteiger partial charge in [-0.25, -0.2) is 0 Å². The normalized spacial score (nSPS) is 26.5. The Morgan fingerprint density at radius 3 is 1.74 bits per heavy atom. The van der Waals surface area contributed by atoms with Gasteiger partial charge < -0.3 is 9.80 Å². The van der Waals surface area contributed by atoms with Crippen LogP contribution in [0, 0.1) is 61.7 Å². The van der Waals surface area contributed by atoms with Crippen LogP contribution in [0.1, 0.15) is 193 Å². The molecule has 0 radical (unpaired) electrons. The minimum atomic E-state index is -0.0485. The molecule has 8 aliphatic rings. The van der Waals surface area contributed by atoms with Gasteiger partial charge in [0.1, 0.15) is 0 Å². The SMILES string of the molecule is Cc1cc(C)c(-c2cc3c4c(c2)N(C2=CC5C(C=C2)C(C)(C)CCC5(C)C)c2c(sc5cc6c(cc25)C2(C)CCC6(C)CC2)B4C2=C(CC(C(C)(C)C)C=C2)N3c2cc(C(C)(C)C)c(C(C)(C)C)cc2C)c(C)c1. The Labute approximate surface area is 452 Å². The van der Waals surface area contributed by atoms with E-state index >= 15 is 0 Å². The van der Waals surface area contributed by atoms with Crippen LogP contribution in [-0.4, -0.2) is 6.71 Å². The summed E-state index contributed by atoms with van der Waals surface area (Å²) < 4.78 is 2.99. The molecule has 3 atom stereocenters. The van der Waals surface area contributed by atoms with Crippen LogP contribution in [-0.2, 0) is 21.7 Å².